The molecule has 2 N–H and O–H groups in total. The fourth-order valence-electron chi connectivity index (χ4n) is 1.86. The van der Waals surface area contributed by atoms with Gasteiger partial charge in [0.25, 0.3) is 5.22 Å². The highest BCUT2D eigenvalue weighted by molar-refractivity contribution is 9.10. The molecule has 1 unspecified atom stereocenters. The summed E-state index contributed by atoms with van der Waals surface area (Å²) in [6.45, 7) is 0. The number of anilines is 1. The van der Waals surface area contributed by atoms with Crippen LogP contribution in [0.15, 0.2) is 56.6 Å². The molecule has 0 spiro atoms. The van der Waals surface area contributed by atoms with Gasteiger partial charge in [-0.3, -0.25) is 0 Å². The summed E-state index contributed by atoms with van der Waals surface area (Å²) in [6, 6.07) is 12.9. The number of oxazole rings is 1. The largest absolute Gasteiger partial charge is 0.430 e. The van der Waals surface area contributed by atoms with Gasteiger partial charge in [-0.25, -0.2) is 9.19 Å². The van der Waals surface area contributed by atoms with E-state index in [1.54, 1.807) is 18.2 Å². The van der Waals surface area contributed by atoms with Crippen LogP contribution < -0.4 is 5.73 Å². The Hall–Kier alpha value is -1.66. The molecule has 1 heterocycles. The van der Waals surface area contributed by atoms with E-state index in [2.05, 4.69) is 20.9 Å². The number of fused-ring (bicyclic) bond motifs is 1. The molecule has 0 aliphatic carbocycles. The van der Waals surface area contributed by atoms with Crippen LogP contribution in [0.25, 0.3) is 11.1 Å². The minimum absolute atomic E-state index is 0.227. The number of nitrogens with two attached hydrogens (primary N) is 1. The Kier molecular flexibility index (Phi) is 3.58. The number of nitrogen functional groups attached to an aromatic ring is 1. The molecule has 0 bridgehead atoms. The molecule has 0 amide bonds. The highest BCUT2D eigenvalue weighted by atomic mass is 79.9. The first kappa shape index (κ1) is 13.3. The predicted octanol–water partition coefficient (Wildman–Crippen LogP) is 3.48. The Labute approximate surface area is 126 Å². The van der Waals surface area contributed by atoms with Gasteiger partial charge in [-0.05, 0) is 29.8 Å². The first-order valence-electron chi connectivity index (χ1n) is 5.91. The molecule has 0 radical (unpaired) electrons. The van der Waals surface area contributed by atoms with Gasteiger partial charge in [0.1, 0.15) is 16.3 Å². The summed E-state index contributed by atoms with van der Waals surface area (Å²) in [5.41, 5.74) is 8.46. The lowest BCUT2D eigenvalue weighted by molar-refractivity contribution is 0.477. The summed E-state index contributed by atoms with van der Waals surface area (Å²) in [5.74, 6) is 0.363. The van der Waals surface area contributed by atoms with Crippen molar-refractivity contribution in [1.29, 1.82) is 0 Å². The SMILES string of the molecule is Nc1ccc2nc(S(=O)Cc3cccc(Br)c3)oc2c1. The van der Waals surface area contributed by atoms with E-state index in [4.69, 9.17) is 10.2 Å². The monoisotopic (exact) mass is 350 g/mol. The van der Waals surface area contributed by atoms with Gasteiger partial charge in [0.15, 0.2) is 5.58 Å². The fraction of sp³-hybridized carbons (Fsp3) is 0.0714. The van der Waals surface area contributed by atoms with Crippen LogP contribution in [0.2, 0.25) is 0 Å². The lowest BCUT2D eigenvalue weighted by Crippen LogP contribution is -1.96. The van der Waals surface area contributed by atoms with Gasteiger partial charge in [0.2, 0.25) is 0 Å². The zero-order valence-electron chi connectivity index (χ0n) is 10.4. The van der Waals surface area contributed by atoms with Crippen molar-refractivity contribution in [2.45, 2.75) is 11.0 Å². The topological polar surface area (TPSA) is 69.1 Å². The highest BCUT2D eigenvalue weighted by Crippen LogP contribution is 2.22. The number of hydrogen-bond acceptors (Lipinski definition) is 4. The van der Waals surface area contributed by atoms with Gasteiger partial charge in [-0.1, -0.05) is 28.1 Å². The van der Waals surface area contributed by atoms with Gasteiger partial charge >= 0.3 is 0 Å². The average molecular weight is 351 g/mol. The molecule has 6 heteroatoms. The van der Waals surface area contributed by atoms with Crippen LogP contribution in [0.3, 0.4) is 0 Å². The lowest BCUT2D eigenvalue weighted by Gasteiger charge is -1.99. The van der Waals surface area contributed by atoms with Gasteiger partial charge in [-0.2, -0.15) is 0 Å². The van der Waals surface area contributed by atoms with E-state index in [1.807, 2.05) is 24.3 Å². The van der Waals surface area contributed by atoms with Crippen LogP contribution in [-0.4, -0.2) is 9.19 Å². The molecular weight excluding hydrogens is 340 g/mol. The molecule has 0 fully saturated rings. The fourth-order valence-corrected chi connectivity index (χ4v) is 3.29. The van der Waals surface area contributed by atoms with Crippen LogP contribution >= 0.6 is 15.9 Å². The van der Waals surface area contributed by atoms with Crippen LogP contribution in [0, 0.1) is 0 Å². The Bertz CT molecular complexity index is 801. The Balaban J connectivity index is 1.88. The smallest absolute Gasteiger partial charge is 0.288 e. The lowest BCUT2D eigenvalue weighted by atomic mass is 10.2. The van der Waals surface area contributed by atoms with E-state index >= 15 is 0 Å². The van der Waals surface area contributed by atoms with Gasteiger partial charge in [0, 0.05) is 16.2 Å². The van der Waals surface area contributed by atoms with E-state index in [0.29, 0.717) is 22.5 Å². The minimum Gasteiger partial charge on any atom is -0.430 e. The first-order valence-corrected chi connectivity index (χ1v) is 8.02. The Morgan fingerprint density at radius 2 is 2.10 bits per heavy atom. The van der Waals surface area contributed by atoms with Crippen LogP contribution in [-0.2, 0) is 16.6 Å². The maximum Gasteiger partial charge on any atom is 0.288 e. The third-order valence-corrected chi connectivity index (χ3v) is 4.43. The molecular formula is C14H11BrN2O2S. The first-order chi connectivity index (χ1) is 9.61. The van der Waals surface area contributed by atoms with Crippen molar-refractivity contribution in [2.24, 2.45) is 0 Å². The Morgan fingerprint density at radius 1 is 1.25 bits per heavy atom. The van der Waals surface area contributed by atoms with E-state index in [9.17, 15) is 4.21 Å². The summed E-state index contributed by atoms with van der Waals surface area (Å²) in [5, 5.41) is 0.227. The zero-order valence-corrected chi connectivity index (χ0v) is 12.8. The normalized spacial score (nSPS) is 12.7. The molecule has 20 heavy (non-hydrogen) atoms. The van der Waals surface area contributed by atoms with Crippen molar-refractivity contribution < 1.29 is 8.63 Å². The minimum atomic E-state index is -1.32. The second-order valence-corrected chi connectivity index (χ2v) is 6.57. The maximum atomic E-state index is 12.3. The van der Waals surface area contributed by atoms with Gasteiger partial charge < -0.3 is 10.2 Å². The van der Waals surface area contributed by atoms with Crippen molar-refractivity contribution in [3.8, 4) is 0 Å². The van der Waals surface area contributed by atoms with Gasteiger partial charge in [0.05, 0.1) is 5.75 Å². The number of aromatic nitrogens is 1. The maximum absolute atomic E-state index is 12.3. The average Bonchev–Trinajstić information content (AvgIpc) is 2.81. The highest BCUT2D eigenvalue weighted by Gasteiger charge is 2.13. The molecule has 1 atom stereocenters. The predicted molar refractivity (Wildman–Crippen MR) is 82.7 cm³/mol. The summed E-state index contributed by atoms with van der Waals surface area (Å²) >= 11 is 3.39. The van der Waals surface area contributed by atoms with Crippen molar-refractivity contribution in [1.82, 2.24) is 4.98 Å². The van der Waals surface area contributed by atoms with E-state index in [0.717, 1.165) is 10.0 Å². The van der Waals surface area contributed by atoms with Crippen molar-refractivity contribution in [3.63, 3.8) is 0 Å². The van der Waals surface area contributed by atoms with Crippen LogP contribution in [0.4, 0.5) is 5.69 Å². The molecule has 102 valence electrons. The second-order valence-electron chi connectivity index (χ2n) is 4.33. The van der Waals surface area contributed by atoms with Crippen molar-refractivity contribution in [2.75, 3.05) is 5.73 Å². The summed E-state index contributed by atoms with van der Waals surface area (Å²) in [7, 11) is -1.32. The standard InChI is InChI=1S/C14H11BrN2O2S/c15-10-3-1-2-9(6-10)8-20(18)14-17-12-5-4-11(16)7-13(12)19-14/h1-7H,8,16H2. The molecule has 2 aromatic carbocycles. The number of nitrogens with zero attached hydrogens (tertiary/aromatic N) is 1. The second kappa shape index (κ2) is 5.38. The molecule has 0 saturated heterocycles. The molecule has 0 saturated carbocycles. The summed E-state index contributed by atoms with van der Waals surface area (Å²) < 4.78 is 18.8. The third kappa shape index (κ3) is 2.76. The molecule has 0 aliphatic heterocycles. The van der Waals surface area contributed by atoms with E-state index < -0.39 is 10.8 Å². The summed E-state index contributed by atoms with van der Waals surface area (Å²) in [6.07, 6.45) is 0. The molecule has 3 rings (SSSR count). The molecule has 4 nitrogen and oxygen atoms in total. The third-order valence-electron chi connectivity index (χ3n) is 2.77. The number of halogens is 1. The molecule has 1 aromatic heterocycles. The number of rotatable bonds is 3. The zero-order chi connectivity index (χ0) is 14.1. The van der Waals surface area contributed by atoms with Crippen LogP contribution in [0.5, 0.6) is 0 Å². The molecule has 0 aliphatic rings. The van der Waals surface area contributed by atoms with E-state index in [-0.39, 0.29) is 5.22 Å². The van der Waals surface area contributed by atoms with Crippen LogP contribution in [0.1, 0.15) is 5.56 Å². The number of benzene rings is 2. The quantitative estimate of drug-likeness (QED) is 0.734. The van der Waals surface area contributed by atoms with Crippen molar-refractivity contribution in [3.05, 3.63) is 52.5 Å². The molecule has 3 aromatic rings. The van der Waals surface area contributed by atoms with Gasteiger partial charge in [-0.15, -0.1) is 0 Å². The van der Waals surface area contributed by atoms with Crippen molar-refractivity contribution >= 4 is 43.5 Å². The summed E-state index contributed by atoms with van der Waals surface area (Å²) in [4.78, 5) is 4.24. The number of hydrogen-bond donors (Lipinski definition) is 1. The Morgan fingerprint density at radius 3 is 2.90 bits per heavy atom. The van der Waals surface area contributed by atoms with E-state index in [1.165, 1.54) is 0 Å².